The van der Waals surface area contributed by atoms with E-state index >= 15 is 0 Å². The van der Waals surface area contributed by atoms with Crippen LogP contribution in [-0.2, 0) is 4.79 Å². The molecule has 7 nitrogen and oxygen atoms in total. The smallest absolute Gasteiger partial charge is 0.253 e. The molecule has 0 atom stereocenters. The van der Waals surface area contributed by atoms with E-state index < -0.39 is 0 Å². The fourth-order valence-electron chi connectivity index (χ4n) is 2.79. The SMILES string of the molecule is CC(C)CNC(=O)c1ccccc1NC(=O)CNc1ccccc1-n1cccn1. The number of rotatable bonds is 8. The molecule has 0 fully saturated rings. The highest BCUT2D eigenvalue weighted by molar-refractivity contribution is 6.04. The standard InChI is InChI=1S/C22H25N5O2/c1-16(2)14-24-22(29)17-8-3-4-9-18(17)26-21(28)15-23-19-10-5-6-11-20(19)27-13-7-12-25-27/h3-13,16,23H,14-15H2,1-2H3,(H,24,29)(H,26,28). The zero-order chi connectivity index (χ0) is 20.6. The first-order valence-corrected chi connectivity index (χ1v) is 9.54. The van der Waals surface area contributed by atoms with Gasteiger partial charge in [0.1, 0.15) is 0 Å². The van der Waals surface area contributed by atoms with Gasteiger partial charge in [0.2, 0.25) is 5.91 Å². The van der Waals surface area contributed by atoms with Crippen molar-refractivity contribution in [2.75, 3.05) is 23.7 Å². The topological polar surface area (TPSA) is 88.0 Å². The number of nitrogens with one attached hydrogen (secondary N) is 3. The van der Waals surface area contributed by atoms with Crippen LogP contribution in [0, 0.1) is 5.92 Å². The number of carbonyl (C=O) groups excluding carboxylic acids is 2. The summed E-state index contributed by atoms with van der Waals surface area (Å²) in [6.07, 6.45) is 3.54. The second kappa shape index (κ2) is 9.54. The van der Waals surface area contributed by atoms with E-state index in [4.69, 9.17) is 0 Å². The summed E-state index contributed by atoms with van der Waals surface area (Å²) < 4.78 is 1.73. The Balaban J connectivity index is 1.65. The summed E-state index contributed by atoms with van der Waals surface area (Å²) in [6.45, 7) is 4.69. The highest BCUT2D eigenvalue weighted by Crippen LogP contribution is 2.19. The molecule has 2 amide bonds. The number of carbonyl (C=O) groups is 2. The lowest BCUT2D eigenvalue weighted by Gasteiger charge is -2.14. The van der Waals surface area contributed by atoms with Crippen molar-refractivity contribution in [3.8, 4) is 5.69 Å². The first kappa shape index (κ1) is 20.1. The molecular formula is C22H25N5O2. The Hall–Kier alpha value is -3.61. The number of para-hydroxylation sites is 3. The molecule has 0 aliphatic rings. The molecule has 150 valence electrons. The van der Waals surface area contributed by atoms with Crippen LogP contribution >= 0.6 is 0 Å². The molecule has 3 N–H and O–H groups in total. The van der Waals surface area contributed by atoms with E-state index in [1.54, 1.807) is 35.1 Å². The van der Waals surface area contributed by atoms with Crippen LogP contribution < -0.4 is 16.0 Å². The van der Waals surface area contributed by atoms with Crippen molar-refractivity contribution in [2.45, 2.75) is 13.8 Å². The van der Waals surface area contributed by atoms with Crippen molar-refractivity contribution in [3.63, 3.8) is 0 Å². The number of amides is 2. The zero-order valence-corrected chi connectivity index (χ0v) is 16.6. The normalized spacial score (nSPS) is 10.6. The van der Waals surface area contributed by atoms with Crippen LogP contribution in [0.5, 0.6) is 0 Å². The van der Waals surface area contributed by atoms with Gasteiger partial charge in [0.05, 0.1) is 29.2 Å². The second-order valence-corrected chi connectivity index (χ2v) is 7.02. The van der Waals surface area contributed by atoms with Crippen LogP contribution in [-0.4, -0.2) is 34.7 Å². The van der Waals surface area contributed by atoms with Gasteiger partial charge in [0.25, 0.3) is 5.91 Å². The summed E-state index contributed by atoms with van der Waals surface area (Å²) in [5.74, 6) is -0.101. The monoisotopic (exact) mass is 391 g/mol. The molecule has 7 heteroatoms. The van der Waals surface area contributed by atoms with Crippen molar-refractivity contribution in [1.82, 2.24) is 15.1 Å². The van der Waals surface area contributed by atoms with Gasteiger partial charge in [-0.2, -0.15) is 5.10 Å². The van der Waals surface area contributed by atoms with Crippen molar-refractivity contribution < 1.29 is 9.59 Å². The van der Waals surface area contributed by atoms with Crippen LogP contribution in [0.4, 0.5) is 11.4 Å². The first-order valence-electron chi connectivity index (χ1n) is 9.54. The Morgan fingerprint density at radius 3 is 2.45 bits per heavy atom. The average Bonchev–Trinajstić information content (AvgIpc) is 3.26. The van der Waals surface area contributed by atoms with E-state index in [-0.39, 0.29) is 18.4 Å². The van der Waals surface area contributed by atoms with Gasteiger partial charge in [-0.05, 0) is 36.2 Å². The highest BCUT2D eigenvalue weighted by Gasteiger charge is 2.13. The van der Waals surface area contributed by atoms with Gasteiger partial charge in [-0.15, -0.1) is 0 Å². The third kappa shape index (κ3) is 5.44. The summed E-state index contributed by atoms with van der Waals surface area (Å²) in [5, 5.41) is 13.1. The lowest BCUT2D eigenvalue weighted by Crippen LogP contribution is -2.29. The van der Waals surface area contributed by atoms with Crippen LogP contribution in [0.25, 0.3) is 5.69 Å². The van der Waals surface area contributed by atoms with Crippen LogP contribution in [0.15, 0.2) is 67.0 Å². The third-order valence-corrected chi connectivity index (χ3v) is 4.21. The maximum Gasteiger partial charge on any atom is 0.253 e. The third-order valence-electron chi connectivity index (χ3n) is 4.21. The van der Waals surface area contributed by atoms with Gasteiger partial charge >= 0.3 is 0 Å². The van der Waals surface area contributed by atoms with E-state index in [1.807, 2.05) is 50.4 Å². The molecule has 0 saturated heterocycles. The zero-order valence-electron chi connectivity index (χ0n) is 16.6. The van der Waals surface area contributed by atoms with Gasteiger partial charge in [0, 0.05) is 18.9 Å². The summed E-state index contributed by atoms with van der Waals surface area (Å²) in [7, 11) is 0. The largest absolute Gasteiger partial charge is 0.374 e. The van der Waals surface area contributed by atoms with E-state index in [1.165, 1.54) is 0 Å². The molecule has 0 aliphatic heterocycles. The van der Waals surface area contributed by atoms with E-state index in [9.17, 15) is 9.59 Å². The molecule has 3 rings (SSSR count). The number of benzene rings is 2. The summed E-state index contributed by atoms with van der Waals surface area (Å²) in [5.41, 5.74) is 2.56. The molecule has 0 saturated carbocycles. The maximum atomic E-state index is 12.5. The fraction of sp³-hybridized carbons (Fsp3) is 0.227. The fourth-order valence-corrected chi connectivity index (χ4v) is 2.79. The Morgan fingerprint density at radius 1 is 1.00 bits per heavy atom. The van der Waals surface area contributed by atoms with Gasteiger partial charge in [-0.3, -0.25) is 9.59 Å². The minimum atomic E-state index is -0.246. The Morgan fingerprint density at radius 2 is 1.72 bits per heavy atom. The predicted octanol–water partition coefficient (Wildman–Crippen LogP) is 3.31. The average molecular weight is 391 g/mol. The van der Waals surface area contributed by atoms with Crippen molar-refractivity contribution >= 4 is 23.2 Å². The number of nitrogens with zero attached hydrogens (tertiary/aromatic N) is 2. The van der Waals surface area contributed by atoms with Gasteiger partial charge in [-0.25, -0.2) is 4.68 Å². The molecule has 1 heterocycles. The molecule has 0 radical (unpaired) electrons. The van der Waals surface area contributed by atoms with Crippen LogP contribution in [0.1, 0.15) is 24.2 Å². The lowest BCUT2D eigenvalue weighted by atomic mass is 10.1. The Bertz CT molecular complexity index is 967. The van der Waals surface area contributed by atoms with Gasteiger partial charge in [-0.1, -0.05) is 38.1 Å². The first-order chi connectivity index (χ1) is 14.0. The van der Waals surface area contributed by atoms with Gasteiger partial charge < -0.3 is 16.0 Å². The quantitative estimate of drug-likeness (QED) is 0.550. The Kier molecular flexibility index (Phi) is 6.63. The number of hydrogen-bond donors (Lipinski definition) is 3. The minimum absolute atomic E-state index is 0.0558. The molecule has 0 unspecified atom stereocenters. The number of hydrogen-bond acceptors (Lipinski definition) is 4. The summed E-state index contributed by atoms with van der Waals surface area (Å²) in [4.78, 5) is 24.9. The van der Waals surface area contributed by atoms with E-state index in [0.29, 0.717) is 23.7 Å². The summed E-state index contributed by atoms with van der Waals surface area (Å²) >= 11 is 0. The highest BCUT2D eigenvalue weighted by atomic mass is 16.2. The van der Waals surface area contributed by atoms with Crippen molar-refractivity contribution in [1.29, 1.82) is 0 Å². The van der Waals surface area contributed by atoms with Crippen molar-refractivity contribution in [2.24, 2.45) is 5.92 Å². The van der Waals surface area contributed by atoms with E-state index in [2.05, 4.69) is 21.0 Å². The molecule has 29 heavy (non-hydrogen) atoms. The Labute approximate surface area is 170 Å². The van der Waals surface area contributed by atoms with Gasteiger partial charge in [0.15, 0.2) is 0 Å². The lowest BCUT2D eigenvalue weighted by molar-refractivity contribution is -0.114. The molecule has 1 aromatic heterocycles. The van der Waals surface area contributed by atoms with Crippen LogP contribution in [0.3, 0.4) is 0 Å². The molecule has 3 aromatic rings. The molecule has 0 bridgehead atoms. The molecular weight excluding hydrogens is 366 g/mol. The second-order valence-electron chi connectivity index (χ2n) is 7.02. The number of anilines is 2. The predicted molar refractivity (Wildman–Crippen MR) is 114 cm³/mol. The molecule has 2 aromatic carbocycles. The van der Waals surface area contributed by atoms with Crippen molar-refractivity contribution in [3.05, 3.63) is 72.6 Å². The van der Waals surface area contributed by atoms with E-state index in [0.717, 1.165) is 11.4 Å². The maximum absolute atomic E-state index is 12.5. The summed E-state index contributed by atoms with van der Waals surface area (Å²) in [6, 6.07) is 16.4. The molecule has 0 aliphatic carbocycles. The van der Waals surface area contributed by atoms with Crippen LogP contribution in [0.2, 0.25) is 0 Å². The number of aromatic nitrogens is 2. The molecule has 0 spiro atoms. The minimum Gasteiger partial charge on any atom is -0.374 e.